The van der Waals surface area contributed by atoms with Crippen LogP contribution in [0.4, 0.5) is 17.6 Å². The number of quaternary nitrogens is 1. The number of hydrogen-bond donors (Lipinski definition) is 1. The predicted octanol–water partition coefficient (Wildman–Crippen LogP) is 3.57. The van der Waals surface area contributed by atoms with Crippen LogP contribution < -0.4 is 0 Å². The molecule has 1 fully saturated rings. The fourth-order valence-electron chi connectivity index (χ4n) is 4.55. The molecular weight excluding hydrogens is 414 g/mol. The average Bonchev–Trinajstić information content (AvgIpc) is 2.84. The SMILES string of the molecule is C[N+]1(C)C2C=CC1CC(OC(=O)C(O)(c1ccc(F)cc1F)c1ccc(F)cc1F)C2. The molecule has 164 valence electrons. The number of likely N-dealkylation sites (N-methyl/N-ethyl adjacent to an activating group) is 1. The van der Waals surface area contributed by atoms with Crippen molar-refractivity contribution >= 4 is 5.97 Å². The normalized spacial score (nSPS) is 24.3. The lowest BCUT2D eigenvalue weighted by molar-refractivity contribution is -0.926. The standard InChI is InChI=1S/C23H22F4NO3/c1-28(2)15-5-6-16(28)12-17(11-15)31-22(29)23(30,18-7-3-13(24)9-20(18)26)19-8-4-14(25)10-21(19)27/h3-10,15-17,30H,11-12H2,1-2H3/q+1. The minimum atomic E-state index is -2.93. The molecular formula is C23H22F4NO3+. The van der Waals surface area contributed by atoms with Crippen LogP contribution in [0.2, 0.25) is 0 Å². The molecule has 31 heavy (non-hydrogen) atoms. The summed E-state index contributed by atoms with van der Waals surface area (Å²) in [7, 11) is 4.12. The molecule has 4 nitrogen and oxygen atoms in total. The Labute approximate surface area is 177 Å². The first-order valence-electron chi connectivity index (χ1n) is 9.89. The highest BCUT2D eigenvalue weighted by atomic mass is 19.1. The van der Waals surface area contributed by atoms with E-state index >= 15 is 0 Å². The van der Waals surface area contributed by atoms with Crippen molar-refractivity contribution in [1.29, 1.82) is 0 Å². The molecule has 2 aliphatic heterocycles. The number of aliphatic hydroxyl groups is 1. The van der Waals surface area contributed by atoms with Gasteiger partial charge in [-0.15, -0.1) is 0 Å². The van der Waals surface area contributed by atoms with E-state index in [1.807, 2.05) is 12.2 Å². The molecule has 1 N–H and O–H groups in total. The van der Waals surface area contributed by atoms with Gasteiger partial charge in [-0.25, -0.2) is 22.4 Å². The Balaban J connectivity index is 1.72. The molecule has 0 aromatic heterocycles. The Hall–Kier alpha value is -2.71. The molecule has 0 saturated carbocycles. The molecule has 4 rings (SSSR count). The molecule has 2 bridgehead atoms. The molecule has 2 aliphatic rings. The minimum absolute atomic E-state index is 0.0924. The number of rotatable bonds is 4. The number of hydrogen-bond acceptors (Lipinski definition) is 3. The second kappa shape index (κ2) is 7.46. The van der Waals surface area contributed by atoms with Gasteiger partial charge in [0, 0.05) is 36.1 Å². The summed E-state index contributed by atoms with van der Waals surface area (Å²) in [6.45, 7) is 0. The quantitative estimate of drug-likeness (QED) is 0.345. The fourth-order valence-corrected chi connectivity index (χ4v) is 4.55. The molecule has 0 aliphatic carbocycles. The number of halogens is 4. The number of ether oxygens (including phenoxy) is 1. The van der Waals surface area contributed by atoms with Gasteiger partial charge in [-0.05, 0) is 36.4 Å². The van der Waals surface area contributed by atoms with Crippen molar-refractivity contribution in [3.8, 4) is 0 Å². The molecule has 0 amide bonds. The third kappa shape index (κ3) is 3.53. The average molecular weight is 436 g/mol. The lowest BCUT2D eigenvalue weighted by atomic mass is 9.85. The summed E-state index contributed by atoms with van der Waals surface area (Å²) in [5, 5.41) is 11.3. The zero-order chi connectivity index (χ0) is 22.6. The van der Waals surface area contributed by atoms with Gasteiger partial charge in [0.05, 0.1) is 14.1 Å². The van der Waals surface area contributed by atoms with Crippen LogP contribution >= 0.6 is 0 Å². The third-order valence-corrected chi connectivity index (χ3v) is 6.48. The van der Waals surface area contributed by atoms with Crippen molar-refractivity contribution < 1.29 is 36.7 Å². The van der Waals surface area contributed by atoms with Gasteiger partial charge >= 0.3 is 5.97 Å². The largest absolute Gasteiger partial charge is 0.459 e. The molecule has 2 aromatic rings. The number of nitrogens with zero attached hydrogens (tertiary/aromatic N) is 1. The van der Waals surface area contributed by atoms with Gasteiger partial charge in [-0.2, -0.15) is 0 Å². The fraction of sp³-hybridized carbons (Fsp3) is 0.348. The smallest absolute Gasteiger partial charge is 0.348 e. The molecule has 2 heterocycles. The van der Waals surface area contributed by atoms with E-state index in [0.717, 1.165) is 24.3 Å². The van der Waals surface area contributed by atoms with Gasteiger partial charge in [0.15, 0.2) is 0 Å². The first kappa shape index (κ1) is 21.5. The van der Waals surface area contributed by atoms with Crippen molar-refractivity contribution in [3.63, 3.8) is 0 Å². The van der Waals surface area contributed by atoms with E-state index in [9.17, 15) is 27.5 Å². The second-order valence-corrected chi connectivity index (χ2v) is 8.61. The summed E-state index contributed by atoms with van der Waals surface area (Å²) in [4.78, 5) is 13.2. The maximum Gasteiger partial charge on any atom is 0.348 e. The Kier molecular flexibility index (Phi) is 5.18. The van der Waals surface area contributed by atoms with Gasteiger partial charge in [0.1, 0.15) is 41.5 Å². The summed E-state index contributed by atoms with van der Waals surface area (Å²) in [5.74, 6) is -5.70. The van der Waals surface area contributed by atoms with E-state index < -0.39 is 52.1 Å². The van der Waals surface area contributed by atoms with Gasteiger partial charge in [-0.1, -0.05) is 0 Å². The molecule has 2 unspecified atom stereocenters. The maximum absolute atomic E-state index is 14.6. The number of piperidine rings is 1. The Morgan fingerprint density at radius 2 is 1.39 bits per heavy atom. The first-order valence-corrected chi connectivity index (χ1v) is 9.89. The van der Waals surface area contributed by atoms with Crippen molar-refractivity contribution in [1.82, 2.24) is 0 Å². The van der Waals surface area contributed by atoms with Crippen LogP contribution in [0.25, 0.3) is 0 Å². The van der Waals surface area contributed by atoms with Gasteiger partial charge in [0.2, 0.25) is 5.60 Å². The topological polar surface area (TPSA) is 46.5 Å². The van der Waals surface area contributed by atoms with Crippen LogP contribution in [0, 0.1) is 23.3 Å². The van der Waals surface area contributed by atoms with Crippen LogP contribution in [-0.4, -0.2) is 47.8 Å². The number of carbonyl (C=O) groups excluding carboxylic acids is 1. The Morgan fingerprint density at radius 3 is 1.81 bits per heavy atom. The van der Waals surface area contributed by atoms with Crippen molar-refractivity contribution in [2.45, 2.75) is 36.6 Å². The molecule has 0 radical (unpaired) electrons. The van der Waals surface area contributed by atoms with Crippen LogP contribution in [0.1, 0.15) is 24.0 Å². The zero-order valence-corrected chi connectivity index (χ0v) is 17.0. The Morgan fingerprint density at radius 1 is 0.935 bits per heavy atom. The highest BCUT2D eigenvalue weighted by molar-refractivity contribution is 5.85. The summed E-state index contributed by atoms with van der Waals surface area (Å²) < 4.78 is 62.3. The van der Waals surface area contributed by atoms with E-state index in [2.05, 4.69) is 14.1 Å². The maximum atomic E-state index is 14.6. The lowest BCUT2D eigenvalue weighted by Gasteiger charge is -2.44. The molecule has 2 aromatic carbocycles. The van der Waals surface area contributed by atoms with Crippen LogP contribution in [0.15, 0.2) is 48.6 Å². The van der Waals surface area contributed by atoms with E-state index in [1.54, 1.807) is 0 Å². The van der Waals surface area contributed by atoms with E-state index in [0.29, 0.717) is 29.5 Å². The van der Waals surface area contributed by atoms with Crippen molar-refractivity contribution in [2.24, 2.45) is 0 Å². The Bertz CT molecular complexity index is 999. The van der Waals surface area contributed by atoms with Gasteiger partial charge in [-0.3, -0.25) is 0 Å². The highest BCUT2D eigenvalue weighted by Gasteiger charge is 2.50. The van der Waals surface area contributed by atoms with Crippen molar-refractivity contribution in [3.05, 3.63) is 82.9 Å². The van der Waals surface area contributed by atoms with Crippen molar-refractivity contribution in [2.75, 3.05) is 14.1 Å². The summed E-state index contributed by atoms with van der Waals surface area (Å²) >= 11 is 0. The second-order valence-electron chi connectivity index (χ2n) is 8.61. The first-order chi connectivity index (χ1) is 14.5. The number of fused-ring (bicyclic) bond motifs is 2. The van der Waals surface area contributed by atoms with Crippen LogP contribution in [0.3, 0.4) is 0 Å². The minimum Gasteiger partial charge on any atom is -0.459 e. The zero-order valence-electron chi connectivity index (χ0n) is 17.0. The van der Waals surface area contributed by atoms with Gasteiger partial charge < -0.3 is 14.3 Å². The molecule has 8 heteroatoms. The van der Waals surface area contributed by atoms with Crippen LogP contribution in [-0.2, 0) is 15.1 Å². The predicted molar refractivity (Wildman–Crippen MR) is 104 cm³/mol. The van der Waals surface area contributed by atoms with E-state index in [-0.39, 0.29) is 12.1 Å². The molecule has 1 saturated heterocycles. The number of esters is 1. The highest BCUT2D eigenvalue weighted by Crippen LogP contribution is 2.39. The van der Waals surface area contributed by atoms with E-state index in [4.69, 9.17) is 4.74 Å². The monoisotopic (exact) mass is 436 g/mol. The molecule has 0 spiro atoms. The van der Waals surface area contributed by atoms with E-state index in [1.165, 1.54) is 0 Å². The lowest BCUT2D eigenvalue weighted by Crippen LogP contribution is -2.57. The number of benzene rings is 2. The molecule has 2 atom stereocenters. The van der Waals surface area contributed by atoms with Gasteiger partial charge in [0.25, 0.3) is 0 Å². The summed E-state index contributed by atoms with van der Waals surface area (Å²) in [5.41, 5.74) is -4.29. The summed E-state index contributed by atoms with van der Waals surface area (Å²) in [6.07, 6.45) is 4.44. The third-order valence-electron chi connectivity index (χ3n) is 6.48. The number of carbonyl (C=O) groups is 1. The summed E-state index contributed by atoms with van der Waals surface area (Å²) in [6, 6.07) is 4.50. The van der Waals surface area contributed by atoms with Crippen LogP contribution in [0.5, 0.6) is 0 Å².